The Morgan fingerprint density at radius 2 is 1.90 bits per heavy atom. The quantitative estimate of drug-likeness (QED) is 0.373. The minimum Gasteiger partial charge on any atom is -0.490 e. The van der Waals surface area contributed by atoms with Gasteiger partial charge in [0.15, 0.2) is 11.5 Å². The van der Waals surface area contributed by atoms with Crippen molar-refractivity contribution in [3.05, 3.63) is 57.6 Å². The summed E-state index contributed by atoms with van der Waals surface area (Å²) in [4.78, 5) is 24.2. The molecule has 8 heteroatoms. The van der Waals surface area contributed by atoms with Crippen molar-refractivity contribution in [1.29, 1.82) is 0 Å². The largest absolute Gasteiger partial charge is 0.490 e. The Kier molecular flexibility index (Phi) is 6.25. The van der Waals surface area contributed by atoms with E-state index in [1.54, 1.807) is 49.4 Å². The van der Waals surface area contributed by atoms with Gasteiger partial charge in [-0.1, -0.05) is 29.3 Å². The number of nitrogens with zero attached hydrogens (tertiary/aromatic N) is 2. The lowest BCUT2D eigenvalue weighted by Crippen LogP contribution is -2.21. The van der Waals surface area contributed by atoms with Gasteiger partial charge in [-0.3, -0.25) is 9.59 Å². The summed E-state index contributed by atoms with van der Waals surface area (Å²) in [6, 6.07) is 9.94. The van der Waals surface area contributed by atoms with Gasteiger partial charge in [-0.25, -0.2) is 0 Å². The van der Waals surface area contributed by atoms with Crippen LogP contribution in [-0.4, -0.2) is 24.2 Å². The number of amides is 1. The summed E-state index contributed by atoms with van der Waals surface area (Å²) in [7, 11) is 0. The number of hydrazone groups is 1. The van der Waals surface area contributed by atoms with Gasteiger partial charge in [-0.2, -0.15) is 10.1 Å². The molecule has 0 radical (unpaired) electrons. The zero-order chi connectivity index (χ0) is 21.1. The number of carbonyl (C=O) groups excluding carboxylic acids is 2. The first kappa shape index (κ1) is 20.9. The third kappa shape index (κ3) is 4.60. The molecule has 1 aliphatic heterocycles. The lowest BCUT2D eigenvalue weighted by Gasteiger charge is -2.12. The number of halogens is 2. The molecule has 0 unspecified atom stereocenters. The van der Waals surface area contributed by atoms with Gasteiger partial charge in [0.2, 0.25) is 0 Å². The third-order valence-electron chi connectivity index (χ3n) is 4.04. The first-order chi connectivity index (χ1) is 13.8. The third-order valence-corrected chi connectivity index (χ3v) is 4.78. The molecule has 0 bridgehead atoms. The van der Waals surface area contributed by atoms with Crippen LogP contribution in [0.25, 0.3) is 6.08 Å². The zero-order valence-electron chi connectivity index (χ0n) is 16.0. The minimum absolute atomic E-state index is 0.289. The molecule has 0 saturated carbocycles. The zero-order valence-corrected chi connectivity index (χ0v) is 17.5. The van der Waals surface area contributed by atoms with Crippen LogP contribution in [0.15, 0.2) is 47.1 Å². The van der Waals surface area contributed by atoms with E-state index in [1.165, 1.54) is 11.9 Å². The summed E-state index contributed by atoms with van der Waals surface area (Å²) in [6.07, 6.45) is 1.71. The Morgan fingerprint density at radius 1 is 1.14 bits per heavy atom. The molecule has 0 spiro atoms. The van der Waals surface area contributed by atoms with E-state index in [4.69, 9.17) is 32.7 Å². The highest BCUT2D eigenvalue weighted by Gasteiger charge is 2.29. The Bertz CT molecular complexity index is 1050. The highest BCUT2D eigenvalue weighted by Crippen LogP contribution is 2.33. The van der Waals surface area contributed by atoms with Gasteiger partial charge in [0, 0.05) is 6.92 Å². The summed E-state index contributed by atoms with van der Waals surface area (Å²) in [5.74, 6) is 0.00619. The number of anilines is 1. The molecule has 0 aromatic heterocycles. The van der Waals surface area contributed by atoms with Crippen LogP contribution in [0.1, 0.15) is 26.3 Å². The molecule has 150 valence electrons. The van der Waals surface area contributed by atoms with Gasteiger partial charge in [0.05, 0.1) is 33.6 Å². The van der Waals surface area contributed by atoms with Crippen molar-refractivity contribution in [1.82, 2.24) is 0 Å². The smallest absolute Gasteiger partial charge is 0.308 e. The monoisotopic (exact) mass is 432 g/mol. The molecule has 2 aromatic rings. The number of rotatable bonds is 5. The molecular weight excluding hydrogens is 415 g/mol. The van der Waals surface area contributed by atoms with Crippen LogP contribution in [0.3, 0.4) is 0 Å². The van der Waals surface area contributed by atoms with E-state index >= 15 is 0 Å². The molecule has 6 nitrogen and oxygen atoms in total. The standard InChI is InChI=1S/C21H18Cl2N2O4/c1-4-28-20-10-14(5-8-19(20)29-13(3)26)9-16-12(2)24-25(21(16)27)15-6-7-17(22)18(23)11-15/h5-11H,4H2,1-3H3/b16-9+. The topological polar surface area (TPSA) is 68.2 Å². The van der Waals surface area contributed by atoms with Crippen LogP contribution in [0.2, 0.25) is 10.0 Å². The number of hydrogen-bond acceptors (Lipinski definition) is 5. The molecule has 0 N–H and O–H groups in total. The second kappa shape index (κ2) is 8.68. The maximum absolute atomic E-state index is 12.9. The summed E-state index contributed by atoms with van der Waals surface area (Å²) >= 11 is 12.0. The van der Waals surface area contributed by atoms with Crippen LogP contribution < -0.4 is 14.5 Å². The first-order valence-corrected chi connectivity index (χ1v) is 9.57. The summed E-state index contributed by atoms with van der Waals surface area (Å²) in [6.45, 7) is 5.30. The van der Waals surface area contributed by atoms with Crippen LogP contribution in [0.4, 0.5) is 5.69 Å². The van der Waals surface area contributed by atoms with E-state index in [-0.39, 0.29) is 5.91 Å². The molecule has 0 fully saturated rings. The van der Waals surface area contributed by atoms with Gasteiger partial charge in [0.1, 0.15) is 0 Å². The average Bonchev–Trinajstić information content (AvgIpc) is 2.94. The molecule has 0 saturated heterocycles. The second-order valence-corrected chi connectivity index (χ2v) is 7.01. The van der Waals surface area contributed by atoms with Crippen molar-refractivity contribution in [3.8, 4) is 11.5 Å². The van der Waals surface area contributed by atoms with Crippen molar-refractivity contribution >= 4 is 52.6 Å². The maximum Gasteiger partial charge on any atom is 0.308 e. The highest BCUT2D eigenvalue weighted by atomic mass is 35.5. The summed E-state index contributed by atoms with van der Waals surface area (Å²) in [5, 5.41) is 6.35. The molecule has 0 atom stereocenters. The molecule has 2 aromatic carbocycles. The van der Waals surface area contributed by atoms with E-state index in [9.17, 15) is 9.59 Å². The van der Waals surface area contributed by atoms with Crippen LogP contribution in [-0.2, 0) is 9.59 Å². The Labute approximate surface area is 178 Å². The SMILES string of the molecule is CCOc1cc(/C=C2/C(=O)N(c3ccc(Cl)c(Cl)c3)N=C2C)ccc1OC(C)=O. The van der Waals surface area contributed by atoms with Crippen molar-refractivity contribution in [2.75, 3.05) is 11.6 Å². The maximum atomic E-state index is 12.9. The number of benzene rings is 2. The number of hydrogen-bond donors (Lipinski definition) is 0. The fourth-order valence-corrected chi connectivity index (χ4v) is 3.06. The molecule has 3 rings (SSSR count). The predicted octanol–water partition coefficient (Wildman–Crippen LogP) is 5.12. The summed E-state index contributed by atoms with van der Waals surface area (Å²) in [5.41, 5.74) is 2.22. The lowest BCUT2D eigenvalue weighted by molar-refractivity contribution is -0.132. The van der Waals surface area contributed by atoms with E-state index in [1.807, 2.05) is 6.92 Å². The van der Waals surface area contributed by atoms with Crippen molar-refractivity contribution in [2.24, 2.45) is 5.10 Å². The van der Waals surface area contributed by atoms with Gasteiger partial charge in [0.25, 0.3) is 5.91 Å². The molecule has 29 heavy (non-hydrogen) atoms. The fourth-order valence-electron chi connectivity index (χ4n) is 2.76. The molecule has 1 aliphatic rings. The van der Waals surface area contributed by atoms with Crippen LogP contribution in [0, 0.1) is 0 Å². The predicted molar refractivity (Wildman–Crippen MR) is 114 cm³/mol. The van der Waals surface area contributed by atoms with E-state index in [2.05, 4.69) is 5.10 Å². The van der Waals surface area contributed by atoms with Crippen molar-refractivity contribution in [3.63, 3.8) is 0 Å². The molecule has 1 heterocycles. The Hall–Kier alpha value is -2.83. The fraction of sp³-hybridized carbons (Fsp3) is 0.190. The van der Waals surface area contributed by atoms with Crippen molar-refractivity contribution in [2.45, 2.75) is 20.8 Å². The average molecular weight is 433 g/mol. The van der Waals surface area contributed by atoms with E-state index < -0.39 is 5.97 Å². The first-order valence-electron chi connectivity index (χ1n) is 8.82. The lowest BCUT2D eigenvalue weighted by atomic mass is 10.1. The Balaban J connectivity index is 1.93. The van der Waals surface area contributed by atoms with Gasteiger partial charge < -0.3 is 9.47 Å². The van der Waals surface area contributed by atoms with E-state index in [0.29, 0.717) is 50.7 Å². The number of ether oxygens (including phenoxy) is 2. The second-order valence-electron chi connectivity index (χ2n) is 6.19. The van der Waals surface area contributed by atoms with Gasteiger partial charge in [-0.05, 0) is 55.8 Å². The number of carbonyl (C=O) groups is 2. The van der Waals surface area contributed by atoms with Crippen LogP contribution >= 0.6 is 23.2 Å². The Morgan fingerprint density at radius 3 is 2.55 bits per heavy atom. The molecular formula is C21H18Cl2N2O4. The molecule has 0 aliphatic carbocycles. The molecule has 1 amide bonds. The number of esters is 1. The summed E-state index contributed by atoms with van der Waals surface area (Å²) < 4.78 is 10.7. The van der Waals surface area contributed by atoms with E-state index in [0.717, 1.165) is 0 Å². The van der Waals surface area contributed by atoms with Crippen LogP contribution in [0.5, 0.6) is 11.5 Å². The minimum atomic E-state index is -0.441. The normalized spacial score (nSPS) is 14.9. The van der Waals surface area contributed by atoms with Gasteiger partial charge in [-0.15, -0.1) is 0 Å². The van der Waals surface area contributed by atoms with Crippen molar-refractivity contribution < 1.29 is 19.1 Å². The van der Waals surface area contributed by atoms with Gasteiger partial charge >= 0.3 is 5.97 Å². The highest BCUT2D eigenvalue weighted by molar-refractivity contribution is 6.42.